The molecule has 9 nitrogen and oxygen atoms in total. The Morgan fingerprint density at radius 2 is 2.32 bits per heavy atom. The number of nitrogens with zero attached hydrogens (tertiary/aromatic N) is 7. The zero-order valence-corrected chi connectivity index (χ0v) is 14.9. The fourth-order valence-electron chi connectivity index (χ4n) is 2.95. The first-order valence-electron chi connectivity index (χ1n) is 8.09. The molecule has 0 aromatic carbocycles. The van der Waals surface area contributed by atoms with Crippen molar-refractivity contribution >= 4 is 27.4 Å². The van der Waals surface area contributed by atoms with Crippen molar-refractivity contribution in [2.75, 3.05) is 38.3 Å². The quantitative estimate of drug-likeness (QED) is 0.670. The van der Waals surface area contributed by atoms with Gasteiger partial charge in [-0.2, -0.15) is 0 Å². The van der Waals surface area contributed by atoms with Crippen molar-refractivity contribution in [2.45, 2.75) is 19.6 Å². The molecule has 0 bridgehead atoms. The molecule has 1 aliphatic heterocycles. The third-order valence-corrected chi connectivity index (χ3v) is 5.02. The lowest BCUT2D eigenvalue weighted by atomic mass is 10.2. The number of morpholine rings is 1. The third kappa shape index (κ3) is 3.20. The standard InChI is InChI=1S/C15H19N7O2S/c1-10-16-11-3-8-25-13(11)15(17-10)21-4-7-24-12(9-21)14-18-19-20-22(14)5-6-23-2/h3,8,12H,4-7,9H2,1-2H3/t12-/m1/s1. The number of fused-ring (bicyclic) bond motifs is 1. The van der Waals surface area contributed by atoms with E-state index >= 15 is 0 Å². The van der Waals surface area contributed by atoms with Gasteiger partial charge in [-0.25, -0.2) is 14.6 Å². The summed E-state index contributed by atoms with van der Waals surface area (Å²) in [5.74, 6) is 2.45. The number of tetrazole rings is 1. The average Bonchev–Trinajstić information content (AvgIpc) is 3.28. The van der Waals surface area contributed by atoms with E-state index in [4.69, 9.17) is 9.47 Å². The first-order valence-corrected chi connectivity index (χ1v) is 8.97. The Labute approximate surface area is 148 Å². The molecule has 0 amide bonds. The Kier molecular flexibility index (Phi) is 4.55. The molecule has 0 N–H and O–H groups in total. The van der Waals surface area contributed by atoms with Gasteiger partial charge < -0.3 is 14.4 Å². The van der Waals surface area contributed by atoms with Gasteiger partial charge in [0.15, 0.2) is 11.6 Å². The van der Waals surface area contributed by atoms with E-state index in [-0.39, 0.29) is 6.10 Å². The van der Waals surface area contributed by atoms with Crippen LogP contribution in [0.3, 0.4) is 0 Å². The van der Waals surface area contributed by atoms with Crippen LogP contribution in [0.4, 0.5) is 5.82 Å². The van der Waals surface area contributed by atoms with E-state index in [9.17, 15) is 0 Å². The number of hydrogen-bond acceptors (Lipinski definition) is 9. The van der Waals surface area contributed by atoms with Crippen LogP contribution < -0.4 is 4.90 Å². The number of thiophene rings is 1. The number of hydrogen-bond donors (Lipinski definition) is 0. The number of methoxy groups -OCH3 is 1. The Morgan fingerprint density at radius 3 is 3.20 bits per heavy atom. The SMILES string of the molecule is COCCn1nnnc1[C@H]1CN(c2nc(C)nc3ccsc23)CCO1. The predicted molar refractivity (Wildman–Crippen MR) is 92.8 cm³/mol. The van der Waals surface area contributed by atoms with Gasteiger partial charge in [0.1, 0.15) is 11.9 Å². The number of aryl methyl sites for hydroxylation is 1. The van der Waals surface area contributed by atoms with Crippen molar-refractivity contribution in [3.05, 3.63) is 23.1 Å². The molecule has 3 aromatic rings. The van der Waals surface area contributed by atoms with Gasteiger partial charge >= 0.3 is 0 Å². The molecular weight excluding hydrogens is 342 g/mol. The molecule has 25 heavy (non-hydrogen) atoms. The summed E-state index contributed by atoms with van der Waals surface area (Å²) in [7, 11) is 1.66. The number of ether oxygens (including phenoxy) is 2. The predicted octanol–water partition coefficient (Wildman–Crippen LogP) is 1.21. The van der Waals surface area contributed by atoms with Gasteiger partial charge in [-0.15, -0.1) is 16.4 Å². The Morgan fingerprint density at radius 1 is 1.40 bits per heavy atom. The summed E-state index contributed by atoms with van der Waals surface area (Å²) < 4.78 is 13.9. The molecular formula is C15H19N7O2S. The maximum atomic E-state index is 5.93. The number of rotatable bonds is 5. The molecule has 1 aliphatic rings. The topological polar surface area (TPSA) is 91.1 Å². The van der Waals surface area contributed by atoms with Crippen molar-refractivity contribution in [1.29, 1.82) is 0 Å². The second-order valence-electron chi connectivity index (χ2n) is 5.79. The highest BCUT2D eigenvalue weighted by atomic mass is 32.1. The fourth-order valence-corrected chi connectivity index (χ4v) is 3.80. The summed E-state index contributed by atoms with van der Waals surface area (Å²) in [6, 6.07) is 2.03. The third-order valence-electron chi connectivity index (χ3n) is 4.12. The summed E-state index contributed by atoms with van der Waals surface area (Å²) >= 11 is 1.66. The minimum absolute atomic E-state index is 0.203. The Hall–Kier alpha value is -2.17. The van der Waals surface area contributed by atoms with E-state index < -0.39 is 0 Å². The highest BCUT2D eigenvalue weighted by Gasteiger charge is 2.28. The summed E-state index contributed by atoms with van der Waals surface area (Å²) in [4.78, 5) is 11.4. The lowest BCUT2D eigenvalue weighted by Crippen LogP contribution is -2.40. The lowest BCUT2D eigenvalue weighted by Gasteiger charge is -2.33. The van der Waals surface area contributed by atoms with Crippen LogP contribution in [0.5, 0.6) is 0 Å². The monoisotopic (exact) mass is 361 g/mol. The summed E-state index contributed by atoms with van der Waals surface area (Å²) in [5, 5.41) is 14.0. The maximum absolute atomic E-state index is 5.93. The maximum Gasteiger partial charge on any atom is 0.182 e. The lowest BCUT2D eigenvalue weighted by molar-refractivity contribution is 0.0298. The molecule has 0 spiro atoms. The van der Waals surface area contributed by atoms with Crippen molar-refractivity contribution in [1.82, 2.24) is 30.2 Å². The Bertz CT molecular complexity index is 865. The molecule has 10 heteroatoms. The van der Waals surface area contributed by atoms with Gasteiger partial charge in [-0.3, -0.25) is 0 Å². The van der Waals surface area contributed by atoms with Gasteiger partial charge in [-0.1, -0.05) is 0 Å². The Balaban J connectivity index is 1.61. The van der Waals surface area contributed by atoms with Gasteiger partial charge in [0.2, 0.25) is 0 Å². The molecule has 1 fully saturated rings. The molecule has 0 saturated carbocycles. The van der Waals surface area contributed by atoms with E-state index in [1.54, 1.807) is 23.1 Å². The normalized spacial score (nSPS) is 18.2. The van der Waals surface area contributed by atoms with Crippen LogP contribution in [0.1, 0.15) is 17.8 Å². The molecule has 0 aliphatic carbocycles. The molecule has 3 aromatic heterocycles. The highest BCUT2D eigenvalue weighted by Crippen LogP contribution is 2.31. The van der Waals surface area contributed by atoms with Crippen LogP contribution in [0, 0.1) is 6.92 Å². The number of aromatic nitrogens is 6. The van der Waals surface area contributed by atoms with Crippen molar-refractivity contribution in [3.8, 4) is 0 Å². The van der Waals surface area contributed by atoms with Gasteiger partial charge in [0.25, 0.3) is 0 Å². The van der Waals surface area contributed by atoms with Crippen LogP contribution in [-0.2, 0) is 16.0 Å². The zero-order valence-electron chi connectivity index (χ0n) is 14.1. The summed E-state index contributed by atoms with van der Waals surface area (Å²) in [6.45, 7) is 5.09. The van der Waals surface area contributed by atoms with Crippen molar-refractivity contribution in [3.63, 3.8) is 0 Å². The molecule has 0 unspecified atom stereocenters. The highest BCUT2D eigenvalue weighted by molar-refractivity contribution is 7.17. The minimum Gasteiger partial charge on any atom is -0.383 e. The van der Waals surface area contributed by atoms with Crippen molar-refractivity contribution in [2.24, 2.45) is 0 Å². The summed E-state index contributed by atoms with van der Waals surface area (Å²) in [6.07, 6.45) is -0.203. The first kappa shape index (κ1) is 16.3. The van der Waals surface area contributed by atoms with E-state index in [1.807, 2.05) is 18.4 Å². The van der Waals surface area contributed by atoms with Crippen LogP contribution in [0.25, 0.3) is 10.2 Å². The van der Waals surface area contributed by atoms with E-state index in [2.05, 4.69) is 30.4 Å². The molecule has 1 saturated heterocycles. The number of anilines is 1. The first-order chi connectivity index (χ1) is 12.3. The average molecular weight is 361 g/mol. The van der Waals surface area contributed by atoms with Crippen LogP contribution >= 0.6 is 11.3 Å². The smallest absolute Gasteiger partial charge is 0.182 e. The van der Waals surface area contributed by atoms with Crippen LogP contribution in [-0.4, -0.2) is 63.6 Å². The second-order valence-corrected chi connectivity index (χ2v) is 6.70. The molecule has 1 atom stereocenters. The fraction of sp³-hybridized carbons (Fsp3) is 0.533. The van der Waals surface area contributed by atoms with Crippen LogP contribution in [0.15, 0.2) is 11.4 Å². The minimum atomic E-state index is -0.203. The molecule has 4 rings (SSSR count). The largest absolute Gasteiger partial charge is 0.383 e. The summed E-state index contributed by atoms with van der Waals surface area (Å²) in [5.41, 5.74) is 0.987. The van der Waals surface area contributed by atoms with Crippen LogP contribution in [0.2, 0.25) is 0 Å². The second kappa shape index (κ2) is 6.98. The van der Waals surface area contributed by atoms with Gasteiger partial charge in [0, 0.05) is 13.7 Å². The molecule has 0 radical (unpaired) electrons. The van der Waals surface area contributed by atoms with E-state index in [0.717, 1.165) is 34.2 Å². The molecule has 4 heterocycles. The van der Waals surface area contributed by atoms with Crippen molar-refractivity contribution < 1.29 is 9.47 Å². The zero-order chi connectivity index (χ0) is 17.2. The van der Waals surface area contributed by atoms with E-state index in [0.29, 0.717) is 26.3 Å². The van der Waals surface area contributed by atoms with E-state index in [1.165, 1.54) is 0 Å². The van der Waals surface area contributed by atoms with Gasteiger partial charge in [0.05, 0.1) is 36.5 Å². The molecule has 132 valence electrons. The van der Waals surface area contributed by atoms with Gasteiger partial charge in [-0.05, 0) is 28.8 Å².